The molecule has 2 nitrogen and oxygen atoms in total. The van der Waals surface area contributed by atoms with Gasteiger partial charge in [-0.2, -0.15) is 8.78 Å². The van der Waals surface area contributed by atoms with Crippen LogP contribution in [-0.4, -0.2) is 6.36 Å². The molecule has 39 heavy (non-hydrogen) atoms. The lowest BCUT2D eigenvalue weighted by atomic mass is 9.68. The van der Waals surface area contributed by atoms with Gasteiger partial charge in [-0.25, -0.2) is 4.39 Å². The normalized spacial score (nSPS) is 24.4. The van der Waals surface area contributed by atoms with Crippen LogP contribution in [0, 0.1) is 23.6 Å². The summed E-state index contributed by atoms with van der Waals surface area (Å²) in [6, 6.07) is 7.86. The van der Waals surface area contributed by atoms with Crippen LogP contribution in [0.3, 0.4) is 0 Å². The number of hydrogen-bond donors (Lipinski definition) is 0. The van der Waals surface area contributed by atoms with Crippen LogP contribution in [-0.2, 0) is 6.11 Å². The van der Waals surface area contributed by atoms with E-state index in [0.717, 1.165) is 42.2 Å². The standard InChI is InChI=1S/C31H38F6O2/c1-2-3-4-5-21-6-8-22(9-7-21)23-10-12-24(13-11-23)25-14-16-26(17-15-25)30(33,34)38-27-18-19-29(28(32)20-27)39-31(35,36)37/h14-24H,2-13H2,1H3. The van der Waals surface area contributed by atoms with E-state index in [9.17, 15) is 26.3 Å². The van der Waals surface area contributed by atoms with Gasteiger partial charge >= 0.3 is 12.5 Å². The Morgan fingerprint density at radius 1 is 0.744 bits per heavy atom. The third kappa shape index (κ3) is 8.31. The fourth-order valence-electron chi connectivity index (χ4n) is 6.46. The lowest BCUT2D eigenvalue weighted by molar-refractivity contribution is -0.275. The molecule has 2 fully saturated rings. The van der Waals surface area contributed by atoms with E-state index < -0.39 is 35.4 Å². The van der Waals surface area contributed by atoms with Crippen molar-refractivity contribution >= 4 is 0 Å². The number of unbranched alkanes of at least 4 members (excludes halogenated alkanes) is 2. The highest BCUT2D eigenvalue weighted by molar-refractivity contribution is 5.34. The molecule has 2 saturated carbocycles. The molecule has 0 atom stereocenters. The molecule has 0 bridgehead atoms. The van der Waals surface area contributed by atoms with Gasteiger partial charge in [0.05, 0.1) is 5.56 Å². The Balaban J connectivity index is 1.27. The SMILES string of the molecule is CCCCCC1CCC(C2CCC(c3ccc(C(F)(F)Oc4ccc(OC(F)(F)F)c(F)c4)cc3)CC2)CC1. The van der Waals surface area contributed by atoms with Crippen molar-refractivity contribution in [2.75, 3.05) is 0 Å². The van der Waals surface area contributed by atoms with Gasteiger partial charge in [0.1, 0.15) is 5.75 Å². The highest BCUT2D eigenvalue weighted by Gasteiger charge is 2.37. The largest absolute Gasteiger partial charge is 0.573 e. The van der Waals surface area contributed by atoms with E-state index in [-0.39, 0.29) is 0 Å². The quantitative estimate of drug-likeness (QED) is 0.214. The van der Waals surface area contributed by atoms with Crippen molar-refractivity contribution in [3.63, 3.8) is 0 Å². The molecular weight excluding hydrogens is 518 g/mol. The van der Waals surface area contributed by atoms with Gasteiger partial charge in [0.15, 0.2) is 11.6 Å². The van der Waals surface area contributed by atoms with Crippen LogP contribution in [0.1, 0.15) is 101 Å². The molecule has 2 aliphatic carbocycles. The molecule has 2 aromatic rings. The molecule has 2 aromatic carbocycles. The number of ether oxygens (including phenoxy) is 2. The fraction of sp³-hybridized carbons (Fsp3) is 0.613. The number of halogens is 6. The molecule has 0 aromatic heterocycles. The van der Waals surface area contributed by atoms with E-state index in [0.29, 0.717) is 18.1 Å². The second-order valence-corrected chi connectivity index (χ2v) is 11.3. The topological polar surface area (TPSA) is 18.5 Å². The van der Waals surface area contributed by atoms with E-state index in [4.69, 9.17) is 0 Å². The molecular formula is C31H38F6O2. The fourth-order valence-corrected chi connectivity index (χ4v) is 6.46. The van der Waals surface area contributed by atoms with Crippen LogP contribution >= 0.6 is 0 Å². The molecule has 0 saturated heterocycles. The Bertz CT molecular complexity index is 1040. The molecule has 2 aliphatic rings. The van der Waals surface area contributed by atoms with Crippen LogP contribution in [0.25, 0.3) is 0 Å². The van der Waals surface area contributed by atoms with Gasteiger partial charge in [-0.15, -0.1) is 13.2 Å². The van der Waals surface area contributed by atoms with E-state index in [1.165, 1.54) is 76.3 Å². The molecule has 0 N–H and O–H groups in total. The monoisotopic (exact) mass is 556 g/mol. The van der Waals surface area contributed by atoms with Gasteiger partial charge < -0.3 is 9.47 Å². The smallest absolute Gasteiger partial charge is 0.429 e. The first-order chi connectivity index (χ1) is 18.5. The summed E-state index contributed by atoms with van der Waals surface area (Å²) >= 11 is 0. The molecule has 216 valence electrons. The summed E-state index contributed by atoms with van der Waals surface area (Å²) in [5, 5.41) is 0. The molecule has 0 heterocycles. The summed E-state index contributed by atoms with van der Waals surface area (Å²) in [5.41, 5.74) is 0.610. The lowest BCUT2D eigenvalue weighted by Crippen LogP contribution is -2.25. The van der Waals surface area contributed by atoms with Crippen molar-refractivity contribution in [2.45, 2.75) is 102 Å². The summed E-state index contributed by atoms with van der Waals surface area (Å²) in [6.07, 6.45) is 6.36. The van der Waals surface area contributed by atoms with Crippen molar-refractivity contribution in [2.24, 2.45) is 17.8 Å². The third-order valence-electron chi connectivity index (χ3n) is 8.64. The maximum atomic E-state index is 14.7. The van der Waals surface area contributed by atoms with Gasteiger partial charge in [-0.05, 0) is 92.0 Å². The first-order valence-electron chi connectivity index (χ1n) is 14.3. The molecule has 0 amide bonds. The number of alkyl halides is 5. The van der Waals surface area contributed by atoms with Gasteiger partial charge in [-0.3, -0.25) is 0 Å². The van der Waals surface area contributed by atoms with E-state index >= 15 is 0 Å². The van der Waals surface area contributed by atoms with Crippen molar-refractivity contribution in [1.82, 2.24) is 0 Å². The number of benzene rings is 2. The zero-order chi connectivity index (χ0) is 28.0. The van der Waals surface area contributed by atoms with Crippen LogP contribution in [0.2, 0.25) is 0 Å². The average molecular weight is 557 g/mol. The van der Waals surface area contributed by atoms with E-state index in [1.54, 1.807) is 12.1 Å². The summed E-state index contributed by atoms with van der Waals surface area (Å²) in [6.45, 7) is 2.25. The van der Waals surface area contributed by atoms with Gasteiger partial charge in [0, 0.05) is 6.07 Å². The van der Waals surface area contributed by atoms with Gasteiger partial charge in [0.2, 0.25) is 0 Å². The van der Waals surface area contributed by atoms with Crippen LogP contribution in [0.4, 0.5) is 26.3 Å². The van der Waals surface area contributed by atoms with Crippen LogP contribution in [0.15, 0.2) is 42.5 Å². The molecule has 8 heteroatoms. The second-order valence-electron chi connectivity index (χ2n) is 11.3. The maximum absolute atomic E-state index is 14.7. The van der Waals surface area contributed by atoms with Crippen LogP contribution in [0.5, 0.6) is 11.5 Å². The highest BCUT2D eigenvalue weighted by Crippen LogP contribution is 2.45. The van der Waals surface area contributed by atoms with E-state index in [1.807, 2.05) is 0 Å². The second kappa shape index (κ2) is 12.9. The zero-order valence-corrected chi connectivity index (χ0v) is 22.4. The minimum atomic E-state index is -5.10. The molecule has 0 spiro atoms. The minimum Gasteiger partial charge on any atom is -0.429 e. The Morgan fingerprint density at radius 3 is 1.92 bits per heavy atom. The average Bonchev–Trinajstić information content (AvgIpc) is 2.90. The Labute approximate surface area is 227 Å². The molecule has 0 unspecified atom stereocenters. The van der Waals surface area contributed by atoms with Gasteiger partial charge in [0.25, 0.3) is 0 Å². The predicted molar refractivity (Wildman–Crippen MR) is 138 cm³/mol. The summed E-state index contributed by atoms with van der Waals surface area (Å²) < 4.78 is 88.4. The Hall–Kier alpha value is -2.38. The van der Waals surface area contributed by atoms with Crippen molar-refractivity contribution < 1.29 is 35.8 Å². The van der Waals surface area contributed by atoms with E-state index in [2.05, 4.69) is 16.4 Å². The Kier molecular flexibility index (Phi) is 9.76. The number of rotatable bonds is 10. The molecule has 0 aliphatic heterocycles. The predicted octanol–water partition coefficient (Wildman–Crippen LogP) is 10.5. The maximum Gasteiger partial charge on any atom is 0.573 e. The molecule has 0 radical (unpaired) electrons. The van der Waals surface area contributed by atoms with Crippen molar-refractivity contribution in [1.29, 1.82) is 0 Å². The zero-order valence-electron chi connectivity index (χ0n) is 22.4. The lowest BCUT2D eigenvalue weighted by Gasteiger charge is -2.38. The third-order valence-corrected chi connectivity index (χ3v) is 8.64. The van der Waals surface area contributed by atoms with Crippen molar-refractivity contribution in [3.05, 3.63) is 59.4 Å². The summed E-state index contributed by atoms with van der Waals surface area (Å²) in [7, 11) is 0. The summed E-state index contributed by atoms with van der Waals surface area (Å²) in [5.74, 6) is -0.339. The van der Waals surface area contributed by atoms with Gasteiger partial charge in [-0.1, -0.05) is 57.6 Å². The van der Waals surface area contributed by atoms with Crippen molar-refractivity contribution in [3.8, 4) is 11.5 Å². The highest BCUT2D eigenvalue weighted by atomic mass is 19.4. The first-order valence-corrected chi connectivity index (χ1v) is 14.3. The minimum absolute atomic E-state index is 0.338. The van der Waals surface area contributed by atoms with Crippen LogP contribution < -0.4 is 9.47 Å². The first kappa shape index (κ1) is 29.6. The number of hydrogen-bond acceptors (Lipinski definition) is 2. The Morgan fingerprint density at radius 2 is 1.36 bits per heavy atom. The molecule has 4 rings (SSSR count). The summed E-state index contributed by atoms with van der Waals surface area (Å²) in [4.78, 5) is 0.